The van der Waals surface area contributed by atoms with Gasteiger partial charge in [-0.2, -0.15) is 0 Å². The van der Waals surface area contributed by atoms with Crippen molar-refractivity contribution in [1.82, 2.24) is 13.9 Å². The van der Waals surface area contributed by atoms with E-state index in [-0.39, 0.29) is 22.8 Å². The van der Waals surface area contributed by atoms with Crippen LogP contribution in [0.25, 0.3) is 5.69 Å². The van der Waals surface area contributed by atoms with Gasteiger partial charge in [-0.05, 0) is 106 Å². The summed E-state index contributed by atoms with van der Waals surface area (Å²) in [7, 11) is 6.58. The Hall–Kier alpha value is -3.53. The van der Waals surface area contributed by atoms with Gasteiger partial charge < -0.3 is 14.7 Å². The van der Waals surface area contributed by atoms with Crippen LogP contribution in [-0.4, -0.2) is 61.5 Å². The fourth-order valence-corrected chi connectivity index (χ4v) is 10.8. The Morgan fingerprint density at radius 3 is 2.39 bits per heavy atom. The van der Waals surface area contributed by atoms with E-state index in [1.807, 2.05) is 38.4 Å². The summed E-state index contributed by atoms with van der Waals surface area (Å²) in [5, 5.41) is 21.2. The Morgan fingerprint density at radius 2 is 1.70 bits per heavy atom. The molecule has 1 unspecified atom stereocenters. The molecule has 6 atom stereocenters. The average molecular weight is 740 g/mol. The first-order valence-corrected chi connectivity index (χ1v) is 20.6. The minimum Gasteiger partial charge on any atom is -0.393 e. The van der Waals surface area contributed by atoms with Crippen molar-refractivity contribution < 1.29 is 19.3 Å². The van der Waals surface area contributed by atoms with Gasteiger partial charge in [0.2, 0.25) is 0 Å². The monoisotopic (exact) mass is 740 g/mol. The van der Waals surface area contributed by atoms with Crippen LogP contribution < -0.4 is 15.9 Å². The molecule has 9 nitrogen and oxygen atoms in total. The van der Waals surface area contributed by atoms with Crippen molar-refractivity contribution >= 4 is 0 Å². The molecule has 292 valence electrons. The maximum Gasteiger partial charge on any atom is 0.352 e. The largest absolute Gasteiger partial charge is 0.393 e. The summed E-state index contributed by atoms with van der Waals surface area (Å²) >= 11 is 0. The summed E-state index contributed by atoms with van der Waals surface area (Å²) in [6.07, 6.45) is 16.5. The van der Waals surface area contributed by atoms with Crippen LogP contribution in [-0.2, 0) is 19.6 Å². The normalized spacial score (nSPS) is 27.2. The van der Waals surface area contributed by atoms with Crippen LogP contribution in [0.1, 0.15) is 115 Å². The molecule has 7 rings (SSSR count). The Bertz CT molecular complexity index is 2000. The highest BCUT2D eigenvalue weighted by atomic mass is 16.3. The van der Waals surface area contributed by atoms with Crippen LogP contribution in [0.3, 0.4) is 0 Å². The predicted octanol–water partition coefficient (Wildman–Crippen LogP) is 6.46. The van der Waals surface area contributed by atoms with Crippen molar-refractivity contribution in [3.63, 3.8) is 0 Å². The summed E-state index contributed by atoms with van der Waals surface area (Å²) in [4.78, 5) is 28.7. The first-order valence-electron chi connectivity index (χ1n) is 20.6. The van der Waals surface area contributed by atoms with Gasteiger partial charge in [0.15, 0.2) is 18.9 Å². The molecule has 0 spiro atoms. The molecule has 2 saturated carbocycles. The second kappa shape index (κ2) is 14.8. The van der Waals surface area contributed by atoms with Crippen LogP contribution in [0, 0.1) is 23.2 Å². The van der Waals surface area contributed by atoms with Gasteiger partial charge in [0.1, 0.15) is 6.54 Å². The SMILES string of the molecule is C[C@H](CCCC(C)(C)O)[C@H]1CC[C@H]2/C(=C/C3C4=C(CC[C@H](O)C4)Cn4c(=O)n(-c5cc[n+](Cc6ccc(C[N+](C)(C)C)cc6)cc5)c(=O)n43)CCC[C@]12C. The number of nitrogens with zero attached hydrogens (tertiary/aromatic N) is 5. The maximum absolute atomic E-state index is 14.5. The summed E-state index contributed by atoms with van der Waals surface area (Å²) in [5.74, 6) is 1.66. The molecule has 4 aliphatic rings. The zero-order valence-electron chi connectivity index (χ0n) is 33.9. The summed E-state index contributed by atoms with van der Waals surface area (Å²) in [5.41, 5.74) is 5.77. The molecular formula is C45H65N5O4+2. The van der Waals surface area contributed by atoms with Crippen molar-refractivity contribution in [1.29, 1.82) is 0 Å². The van der Waals surface area contributed by atoms with Crippen LogP contribution in [0.4, 0.5) is 0 Å². The number of rotatable bonds is 11. The highest BCUT2D eigenvalue weighted by molar-refractivity contribution is 5.34. The molecule has 2 N–H and O–H groups in total. The lowest BCUT2D eigenvalue weighted by Crippen LogP contribution is -2.39. The highest BCUT2D eigenvalue weighted by Crippen LogP contribution is 2.60. The fourth-order valence-electron chi connectivity index (χ4n) is 10.8. The molecule has 0 saturated heterocycles. The fraction of sp³-hybridized carbons (Fsp3) is 0.622. The second-order valence-electron chi connectivity index (χ2n) is 19.3. The predicted molar refractivity (Wildman–Crippen MR) is 213 cm³/mol. The molecule has 2 fully saturated rings. The molecule has 9 heteroatoms. The summed E-state index contributed by atoms with van der Waals surface area (Å²) in [6, 6.07) is 12.1. The first kappa shape index (κ1) is 38.7. The number of hydrogen-bond donors (Lipinski definition) is 2. The number of benzene rings is 1. The van der Waals surface area contributed by atoms with E-state index >= 15 is 0 Å². The Labute approximate surface area is 321 Å². The molecule has 3 aromatic rings. The first-order chi connectivity index (χ1) is 25.5. The van der Waals surface area contributed by atoms with E-state index in [0.717, 1.165) is 61.5 Å². The minimum absolute atomic E-state index is 0.194. The van der Waals surface area contributed by atoms with Crippen molar-refractivity contribution in [2.24, 2.45) is 23.2 Å². The molecule has 3 aliphatic carbocycles. The topological polar surface area (TPSA) is 93.3 Å². The second-order valence-corrected chi connectivity index (χ2v) is 19.3. The van der Waals surface area contributed by atoms with Gasteiger partial charge in [-0.15, -0.1) is 0 Å². The van der Waals surface area contributed by atoms with Crippen molar-refractivity contribution in [2.75, 3.05) is 21.1 Å². The molecule has 2 aromatic heterocycles. The third-order valence-corrected chi connectivity index (χ3v) is 13.4. The molecule has 54 heavy (non-hydrogen) atoms. The van der Waals surface area contributed by atoms with Crippen LogP contribution in [0.2, 0.25) is 0 Å². The summed E-state index contributed by atoms with van der Waals surface area (Å²) in [6.45, 7) is 10.8. The van der Waals surface area contributed by atoms with Crippen LogP contribution in [0.5, 0.6) is 0 Å². The quantitative estimate of drug-likeness (QED) is 0.134. The van der Waals surface area contributed by atoms with Crippen LogP contribution in [0.15, 0.2) is 81.2 Å². The molecular weight excluding hydrogens is 675 g/mol. The number of quaternary nitrogens is 1. The van der Waals surface area contributed by atoms with E-state index in [1.165, 1.54) is 39.7 Å². The zero-order valence-corrected chi connectivity index (χ0v) is 33.9. The van der Waals surface area contributed by atoms with Crippen molar-refractivity contribution in [2.45, 2.75) is 136 Å². The van der Waals surface area contributed by atoms with E-state index in [2.05, 4.69) is 69.9 Å². The number of allylic oxidation sites excluding steroid dienone is 3. The van der Waals surface area contributed by atoms with Gasteiger partial charge in [0.05, 0.1) is 51.1 Å². The lowest BCUT2D eigenvalue weighted by Gasteiger charge is -2.45. The smallest absolute Gasteiger partial charge is 0.352 e. The van der Waals surface area contributed by atoms with Crippen LogP contribution >= 0.6 is 0 Å². The standard InChI is InChI=1S/C45H65N5O4/c1-31(10-8-22-44(2,3)54)39-18-19-40-34(11-9-23-45(39,40)4)26-41-38-27-37(51)17-16-35(38)29-47-42(52)48(43(53)49(41)47)36-20-24-46(25-21-36)28-32-12-14-33(15-13-32)30-50(5,6)7/h12-15,20-21,24-26,31,37,39-41,51,54H,8-11,16-19,22-23,27-30H2,1-7H3/q+2/b34-26+/t31-,37+,39-,40+,41?,45-/m1/s1. The highest BCUT2D eigenvalue weighted by Gasteiger charge is 2.51. The number of aliphatic hydroxyl groups excluding tert-OH is 1. The minimum atomic E-state index is -0.623. The molecule has 0 bridgehead atoms. The summed E-state index contributed by atoms with van der Waals surface area (Å²) < 4.78 is 7.68. The lowest BCUT2D eigenvalue weighted by molar-refractivity contribution is -0.884. The number of aromatic nitrogens is 4. The third-order valence-electron chi connectivity index (χ3n) is 13.4. The van der Waals surface area contributed by atoms with Crippen molar-refractivity contribution in [3.8, 4) is 5.69 Å². The van der Waals surface area contributed by atoms with E-state index in [9.17, 15) is 19.8 Å². The number of hydrogen-bond acceptors (Lipinski definition) is 4. The number of aliphatic hydroxyl groups is 2. The van der Waals surface area contributed by atoms with Gasteiger partial charge in [0.25, 0.3) is 0 Å². The number of fused-ring (bicyclic) bond motifs is 2. The molecule has 1 aromatic carbocycles. The molecule has 1 aliphatic heterocycles. The van der Waals surface area contributed by atoms with Gasteiger partial charge in [-0.1, -0.05) is 62.6 Å². The van der Waals surface area contributed by atoms with Gasteiger partial charge >= 0.3 is 11.4 Å². The van der Waals surface area contributed by atoms with Gasteiger partial charge in [-0.25, -0.2) is 28.1 Å². The van der Waals surface area contributed by atoms with E-state index in [1.54, 1.807) is 9.36 Å². The lowest BCUT2D eigenvalue weighted by atomic mass is 9.60. The van der Waals surface area contributed by atoms with Gasteiger partial charge in [-0.3, -0.25) is 0 Å². The Kier molecular flexibility index (Phi) is 10.7. The van der Waals surface area contributed by atoms with Gasteiger partial charge in [0, 0.05) is 23.3 Å². The number of pyridine rings is 1. The van der Waals surface area contributed by atoms with Crippen molar-refractivity contribution in [3.05, 3.63) is 104 Å². The molecule has 0 radical (unpaired) electrons. The van der Waals surface area contributed by atoms with E-state index in [0.29, 0.717) is 49.4 Å². The van der Waals surface area contributed by atoms with E-state index < -0.39 is 11.7 Å². The third kappa shape index (κ3) is 7.92. The Balaban J connectivity index is 1.17. The Morgan fingerprint density at radius 1 is 1.00 bits per heavy atom. The maximum atomic E-state index is 14.5. The zero-order chi connectivity index (χ0) is 38.6. The van der Waals surface area contributed by atoms with E-state index in [4.69, 9.17) is 0 Å². The molecule has 3 heterocycles. The molecule has 0 amide bonds. The average Bonchev–Trinajstić information content (AvgIpc) is 3.58.